The van der Waals surface area contributed by atoms with Crippen molar-refractivity contribution in [3.8, 4) is 5.75 Å². The van der Waals surface area contributed by atoms with Gasteiger partial charge >= 0.3 is 0 Å². The number of aliphatic hydroxyl groups excluding tert-OH is 1. The molecule has 0 radical (unpaired) electrons. The van der Waals surface area contributed by atoms with E-state index in [1.807, 2.05) is 0 Å². The van der Waals surface area contributed by atoms with Crippen LogP contribution in [0.2, 0.25) is 0 Å². The molecule has 0 saturated heterocycles. The zero-order valence-corrected chi connectivity index (χ0v) is 11.0. The summed E-state index contributed by atoms with van der Waals surface area (Å²) in [6.07, 6.45) is 0. The smallest absolute Gasteiger partial charge is 0.168 e. The summed E-state index contributed by atoms with van der Waals surface area (Å²) in [5.74, 6) is -1.07. The highest BCUT2D eigenvalue weighted by atomic mass is 35.5. The van der Waals surface area contributed by atoms with Gasteiger partial charge in [0.1, 0.15) is 0 Å². The summed E-state index contributed by atoms with van der Waals surface area (Å²) < 4.78 is 13.5. The molecule has 1 aromatic rings. The molecule has 0 aliphatic heterocycles. The van der Waals surface area contributed by atoms with Crippen LogP contribution in [0.4, 0.5) is 4.39 Å². The zero-order chi connectivity index (χ0) is 12.5. The van der Waals surface area contributed by atoms with Crippen LogP contribution in [0.5, 0.6) is 5.75 Å². The summed E-state index contributed by atoms with van der Waals surface area (Å²) in [5.41, 5.74) is 6.00. The molecule has 0 aliphatic rings. The quantitative estimate of drug-likeness (QED) is 0.784. The standard InChI is InChI=1S/C12H18FNO2.ClH/c1-7-4-5-8(10(16)9(7)13)11(14)12(2,3)6-15;/h4-5,11,15-16H,6,14H2,1-3H3;1H/t11-;/m0./s1. The van der Waals surface area contributed by atoms with Crippen LogP contribution in [-0.4, -0.2) is 16.8 Å². The van der Waals surface area contributed by atoms with Crippen LogP contribution in [0.1, 0.15) is 31.0 Å². The fraction of sp³-hybridized carbons (Fsp3) is 0.500. The molecule has 0 aliphatic carbocycles. The highest BCUT2D eigenvalue weighted by Crippen LogP contribution is 2.37. The van der Waals surface area contributed by atoms with Gasteiger partial charge in [0.25, 0.3) is 0 Å². The van der Waals surface area contributed by atoms with Gasteiger partial charge in [0.05, 0.1) is 0 Å². The number of hydrogen-bond donors (Lipinski definition) is 3. The van der Waals surface area contributed by atoms with Gasteiger partial charge in [-0.1, -0.05) is 26.0 Å². The number of aliphatic hydroxyl groups is 1. The summed E-state index contributed by atoms with van der Waals surface area (Å²) >= 11 is 0. The predicted molar refractivity (Wildman–Crippen MR) is 67.8 cm³/mol. The fourth-order valence-corrected chi connectivity index (χ4v) is 1.45. The SMILES string of the molecule is Cc1ccc([C@H](N)C(C)(C)CO)c(O)c1F.Cl. The summed E-state index contributed by atoms with van der Waals surface area (Å²) in [6, 6.07) is 2.54. The maximum absolute atomic E-state index is 13.5. The van der Waals surface area contributed by atoms with Gasteiger partial charge in [0.15, 0.2) is 11.6 Å². The van der Waals surface area contributed by atoms with Crippen LogP contribution in [0.3, 0.4) is 0 Å². The average Bonchev–Trinajstić information content (AvgIpc) is 2.25. The van der Waals surface area contributed by atoms with E-state index in [1.165, 1.54) is 0 Å². The van der Waals surface area contributed by atoms with Crippen molar-refractivity contribution in [3.05, 3.63) is 29.1 Å². The van der Waals surface area contributed by atoms with Crippen molar-refractivity contribution in [1.29, 1.82) is 0 Å². The molecule has 0 unspecified atom stereocenters. The highest BCUT2D eigenvalue weighted by molar-refractivity contribution is 5.85. The van der Waals surface area contributed by atoms with Crippen molar-refractivity contribution in [2.24, 2.45) is 11.1 Å². The fourth-order valence-electron chi connectivity index (χ4n) is 1.45. The molecule has 0 aromatic heterocycles. The van der Waals surface area contributed by atoms with Crippen molar-refractivity contribution in [1.82, 2.24) is 0 Å². The van der Waals surface area contributed by atoms with E-state index in [0.29, 0.717) is 11.1 Å². The molecular weight excluding hydrogens is 245 g/mol. The van der Waals surface area contributed by atoms with Gasteiger partial charge in [-0.05, 0) is 12.5 Å². The molecule has 4 N–H and O–H groups in total. The summed E-state index contributed by atoms with van der Waals surface area (Å²) in [4.78, 5) is 0. The molecule has 0 amide bonds. The number of hydrogen-bond acceptors (Lipinski definition) is 3. The first-order chi connectivity index (χ1) is 7.31. The topological polar surface area (TPSA) is 66.5 Å². The Hall–Kier alpha value is -0.840. The minimum Gasteiger partial charge on any atom is -0.505 e. The molecule has 0 spiro atoms. The van der Waals surface area contributed by atoms with E-state index in [0.717, 1.165) is 0 Å². The Morgan fingerprint density at radius 2 is 1.94 bits per heavy atom. The van der Waals surface area contributed by atoms with Crippen molar-refractivity contribution < 1.29 is 14.6 Å². The molecule has 1 atom stereocenters. The van der Waals surface area contributed by atoms with Crippen LogP contribution in [0, 0.1) is 18.2 Å². The number of phenolic OH excluding ortho intramolecular Hbond substituents is 1. The average molecular weight is 264 g/mol. The Balaban J connectivity index is 0.00000256. The normalized spacial score (nSPS) is 13.1. The lowest BCUT2D eigenvalue weighted by molar-refractivity contribution is 0.131. The number of nitrogens with two attached hydrogens (primary N) is 1. The van der Waals surface area contributed by atoms with Gasteiger partial charge in [0, 0.05) is 23.6 Å². The minimum atomic E-state index is -0.651. The largest absolute Gasteiger partial charge is 0.505 e. The van der Waals surface area contributed by atoms with Crippen LogP contribution < -0.4 is 5.73 Å². The first kappa shape index (κ1) is 16.2. The second-order valence-electron chi connectivity index (χ2n) is 4.76. The van der Waals surface area contributed by atoms with E-state index in [1.54, 1.807) is 32.9 Å². The molecule has 0 fully saturated rings. The molecule has 3 nitrogen and oxygen atoms in total. The van der Waals surface area contributed by atoms with Crippen LogP contribution in [-0.2, 0) is 0 Å². The Labute approximate surface area is 107 Å². The second kappa shape index (κ2) is 5.67. The first-order valence-corrected chi connectivity index (χ1v) is 5.15. The number of benzene rings is 1. The molecule has 1 rings (SSSR count). The Morgan fingerprint density at radius 1 is 1.41 bits per heavy atom. The molecule has 0 heterocycles. The van der Waals surface area contributed by atoms with Crippen molar-refractivity contribution in [2.45, 2.75) is 26.8 Å². The maximum Gasteiger partial charge on any atom is 0.168 e. The van der Waals surface area contributed by atoms with Crippen LogP contribution >= 0.6 is 12.4 Å². The number of phenols is 1. The number of rotatable bonds is 3. The Bertz CT molecular complexity index is 396. The van der Waals surface area contributed by atoms with E-state index in [4.69, 9.17) is 5.73 Å². The van der Waals surface area contributed by atoms with Crippen molar-refractivity contribution >= 4 is 12.4 Å². The number of aromatic hydroxyl groups is 1. The van der Waals surface area contributed by atoms with E-state index < -0.39 is 23.0 Å². The van der Waals surface area contributed by atoms with Gasteiger partial charge in [-0.2, -0.15) is 0 Å². The lowest BCUT2D eigenvalue weighted by atomic mass is 9.81. The third-order valence-electron chi connectivity index (χ3n) is 2.92. The van der Waals surface area contributed by atoms with E-state index >= 15 is 0 Å². The summed E-state index contributed by atoms with van der Waals surface area (Å²) in [5, 5.41) is 18.9. The summed E-state index contributed by atoms with van der Waals surface area (Å²) in [7, 11) is 0. The number of halogens is 2. The third-order valence-corrected chi connectivity index (χ3v) is 2.92. The minimum absolute atomic E-state index is 0. The Kier molecular flexibility index (Phi) is 5.39. The van der Waals surface area contributed by atoms with E-state index in [-0.39, 0.29) is 19.0 Å². The molecule has 5 heteroatoms. The molecule has 0 bridgehead atoms. The van der Waals surface area contributed by atoms with E-state index in [9.17, 15) is 14.6 Å². The van der Waals surface area contributed by atoms with Gasteiger partial charge in [-0.15, -0.1) is 12.4 Å². The van der Waals surface area contributed by atoms with Gasteiger partial charge < -0.3 is 15.9 Å². The van der Waals surface area contributed by atoms with Crippen LogP contribution in [0.25, 0.3) is 0 Å². The third kappa shape index (κ3) is 3.09. The summed E-state index contributed by atoms with van der Waals surface area (Å²) in [6.45, 7) is 4.95. The van der Waals surface area contributed by atoms with Gasteiger partial charge in [-0.3, -0.25) is 0 Å². The maximum atomic E-state index is 13.5. The van der Waals surface area contributed by atoms with Gasteiger partial charge in [-0.25, -0.2) is 4.39 Å². The molecule has 1 aromatic carbocycles. The highest BCUT2D eigenvalue weighted by Gasteiger charge is 2.29. The monoisotopic (exact) mass is 263 g/mol. The predicted octanol–water partition coefficient (Wildman–Crippen LogP) is 2.28. The molecule has 17 heavy (non-hydrogen) atoms. The van der Waals surface area contributed by atoms with Crippen LogP contribution in [0.15, 0.2) is 12.1 Å². The van der Waals surface area contributed by atoms with Crippen molar-refractivity contribution in [2.75, 3.05) is 6.61 Å². The molecule has 0 saturated carbocycles. The van der Waals surface area contributed by atoms with Crippen molar-refractivity contribution in [3.63, 3.8) is 0 Å². The lowest BCUT2D eigenvalue weighted by Gasteiger charge is -2.30. The Morgan fingerprint density at radius 3 is 2.41 bits per heavy atom. The van der Waals surface area contributed by atoms with Gasteiger partial charge in [0.2, 0.25) is 0 Å². The second-order valence-corrected chi connectivity index (χ2v) is 4.76. The molecular formula is C12H19ClFNO2. The lowest BCUT2D eigenvalue weighted by Crippen LogP contribution is -2.32. The van der Waals surface area contributed by atoms with E-state index in [2.05, 4.69) is 0 Å². The first-order valence-electron chi connectivity index (χ1n) is 5.15. The zero-order valence-electron chi connectivity index (χ0n) is 10.2. The molecule has 98 valence electrons. The number of aryl methyl sites for hydroxylation is 1.